The molecule has 98 valence electrons. The number of hydrogen-bond acceptors (Lipinski definition) is 0. The lowest BCUT2D eigenvalue weighted by Crippen LogP contribution is -2.27. The predicted molar refractivity (Wildman–Crippen MR) is 71.1 cm³/mol. The van der Waals surface area contributed by atoms with E-state index >= 15 is 0 Å². The molecule has 0 spiro atoms. The number of halogens is 4. The third-order valence-corrected chi connectivity index (χ3v) is 4.56. The van der Waals surface area contributed by atoms with E-state index < -0.39 is 16.0 Å². The van der Waals surface area contributed by atoms with Gasteiger partial charge in [0.2, 0.25) is 0 Å². The zero-order chi connectivity index (χ0) is 12.7. The molecule has 0 aliphatic rings. The Morgan fingerprint density at radius 1 is 0.938 bits per heavy atom. The topological polar surface area (TPSA) is 0 Å². The highest BCUT2D eigenvalue weighted by molar-refractivity contribution is 14.1. The van der Waals surface area contributed by atoms with Gasteiger partial charge in [0, 0.05) is 3.42 Å². The SMILES string of the molecule is CCCCCCCC(I)(CC)CC(F)(F)F. The van der Waals surface area contributed by atoms with Gasteiger partial charge in [-0.2, -0.15) is 13.2 Å². The highest BCUT2D eigenvalue weighted by Gasteiger charge is 2.39. The summed E-state index contributed by atoms with van der Waals surface area (Å²) in [6.07, 6.45) is 2.12. The largest absolute Gasteiger partial charge is 0.390 e. The lowest BCUT2D eigenvalue weighted by Gasteiger charge is -2.27. The van der Waals surface area contributed by atoms with Crippen LogP contribution >= 0.6 is 22.6 Å². The van der Waals surface area contributed by atoms with Crippen molar-refractivity contribution < 1.29 is 13.2 Å². The fraction of sp³-hybridized carbons (Fsp3) is 1.00. The summed E-state index contributed by atoms with van der Waals surface area (Å²) >= 11 is 2.01. The summed E-state index contributed by atoms with van der Waals surface area (Å²) in [6, 6.07) is 0. The Bertz CT molecular complexity index is 180. The van der Waals surface area contributed by atoms with E-state index in [2.05, 4.69) is 6.92 Å². The van der Waals surface area contributed by atoms with Crippen LogP contribution in [-0.4, -0.2) is 9.60 Å². The van der Waals surface area contributed by atoms with Crippen molar-refractivity contribution in [3.05, 3.63) is 0 Å². The minimum atomic E-state index is -4.03. The van der Waals surface area contributed by atoms with E-state index in [-0.39, 0.29) is 0 Å². The molecule has 1 atom stereocenters. The van der Waals surface area contributed by atoms with Crippen LogP contribution in [0.3, 0.4) is 0 Å². The Hall–Kier alpha value is 0.520. The van der Waals surface area contributed by atoms with Crippen molar-refractivity contribution in [3.8, 4) is 0 Å². The van der Waals surface area contributed by atoms with Gasteiger partial charge in [-0.15, -0.1) is 0 Å². The van der Waals surface area contributed by atoms with E-state index in [1.807, 2.05) is 29.5 Å². The van der Waals surface area contributed by atoms with Gasteiger partial charge in [0.15, 0.2) is 0 Å². The van der Waals surface area contributed by atoms with Crippen molar-refractivity contribution in [2.24, 2.45) is 0 Å². The molecule has 16 heavy (non-hydrogen) atoms. The Balaban J connectivity index is 3.88. The van der Waals surface area contributed by atoms with Crippen molar-refractivity contribution in [1.82, 2.24) is 0 Å². The molecule has 0 bridgehead atoms. The zero-order valence-corrected chi connectivity index (χ0v) is 12.3. The summed E-state index contributed by atoms with van der Waals surface area (Å²) in [6.45, 7) is 3.99. The van der Waals surface area contributed by atoms with Crippen LogP contribution in [0.2, 0.25) is 0 Å². The summed E-state index contributed by atoms with van der Waals surface area (Å²) in [5.74, 6) is 0. The van der Waals surface area contributed by atoms with Gasteiger partial charge in [0.05, 0.1) is 6.42 Å². The average Bonchev–Trinajstić information content (AvgIpc) is 2.15. The second-order valence-corrected chi connectivity index (χ2v) is 6.75. The van der Waals surface area contributed by atoms with Gasteiger partial charge in [-0.1, -0.05) is 68.5 Å². The number of unbranched alkanes of at least 4 members (excludes halogenated alkanes) is 4. The van der Waals surface area contributed by atoms with Crippen LogP contribution in [0.4, 0.5) is 13.2 Å². The third kappa shape index (κ3) is 8.65. The van der Waals surface area contributed by atoms with Crippen LogP contribution in [0, 0.1) is 0 Å². The maximum Gasteiger partial charge on any atom is 0.390 e. The number of rotatable bonds is 8. The molecule has 0 nitrogen and oxygen atoms in total. The highest BCUT2D eigenvalue weighted by atomic mass is 127. The molecular weight excluding hydrogens is 328 g/mol. The molecule has 1 unspecified atom stereocenters. The maximum atomic E-state index is 12.4. The Kier molecular flexibility index (Phi) is 8.02. The molecule has 0 aromatic rings. The summed E-state index contributed by atoms with van der Waals surface area (Å²) in [5, 5.41) is 0. The van der Waals surface area contributed by atoms with E-state index in [9.17, 15) is 13.2 Å². The van der Waals surface area contributed by atoms with Gasteiger partial charge < -0.3 is 0 Å². The molecule has 0 aliphatic carbocycles. The molecular formula is C12H22F3I. The second kappa shape index (κ2) is 7.77. The summed E-state index contributed by atoms with van der Waals surface area (Å²) < 4.78 is 36.5. The fourth-order valence-corrected chi connectivity index (χ4v) is 2.61. The average molecular weight is 350 g/mol. The molecule has 0 aromatic heterocycles. The summed E-state index contributed by atoms with van der Waals surface area (Å²) in [7, 11) is 0. The minimum absolute atomic E-state index is 0.581. The lowest BCUT2D eigenvalue weighted by molar-refractivity contribution is -0.140. The Morgan fingerprint density at radius 2 is 1.50 bits per heavy atom. The van der Waals surface area contributed by atoms with Crippen LogP contribution in [0.15, 0.2) is 0 Å². The van der Waals surface area contributed by atoms with E-state index in [0.29, 0.717) is 12.8 Å². The van der Waals surface area contributed by atoms with E-state index in [0.717, 1.165) is 19.3 Å². The van der Waals surface area contributed by atoms with Crippen molar-refractivity contribution >= 4 is 22.6 Å². The summed E-state index contributed by atoms with van der Waals surface area (Å²) in [5.41, 5.74) is 0. The Labute approximate surface area is 111 Å². The second-order valence-electron chi connectivity index (χ2n) is 4.46. The minimum Gasteiger partial charge on any atom is -0.171 e. The Morgan fingerprint density at radius 3 is 1.94 bits per heavy atom. The molecule has 0 saturated carbocycles. The first-order valence-corrected chi connectivity index (χ1v) is 7.16. The standard InChI is InChI=1S/C12H22F3I/c1-3-5-6-7-8-9-11(16,4-2)10-12(13,14)15/h3-10H2,1-2H3. The van der Waals surface area contributed by atoms with Crippen molar-refractivity contribution in [2.75, 3.05) is 0 Å². The van der Waals surface area contributed by atoms with Gasteiger partial charge in [-0.3, -0.25) is 0 Å². The van der Waals surface area contributed by atoms with Crippen molar-refractivity contribution in [3.63, 3.8) is 0 Å². The first kappa shape index (κ1) is 16.5. The van der Waals surface area contributed by atoms with Gasteiger partial charge in [0.25, 0.3) is 0 Å². The zero-order valence-electron chi connectivity index (χ0n) is 10.2. The van der Waals surface area contributed by atoms with Gasteiger partial charge in [0.1, 0.15) is 0 Å². The predicted octanol–water partition coefficient (Wildman–Crippen LogP) is 5.88. The van der Waals surface area contributed by atoms with E-state index in [4.69, 9.17) is 0 Å². The van der Waals surface area contributed by atoms with Crippen LogP contribution in [-0.2, 0) is 0 Å². The first-order valence-electron chi connectivity index (χ1n) is 6.08. The molecule has 0 fully saturated rings. The quantitative estimate of drug-likeness (QED) is 0.291. The van der Waals surface area contributed by atoms with Crippen LogP contribution < -0.4 is 0 Å². The monoisotopic (exact) mass is 350 g/mol. The van der Waals surface area contributed by atoms with Gasteiger partial charge in [-0.25, -0.2) is 0 Å². The molecule has 0 aliphatic heterocycles. The molecule has 0 N–H and O–H groups in total. The lowest BCUT2D eigenvalue weighted by atomic mass is 9.94. The molecule has 0 aromatic carbocycles. The number of alkyl halides is 4. The smallest absolute Gasteiger partial charge is 0.171 e. The van der Waals surface area contributed by atoms with Crippen LogP contribution in [0.25, 0.3) is 0 Å². The van der Waals surface area contributed by atoms with E-state index in [1.165, 1.54) is 12.8 Å². The molecule has 0 rings (SSSR count). The van der Waals surface area contributed by atoms with Gasteiger partial charge in [-0.05, 0) is 12.8 Å². The fourth-order valence-electron chi connectivity index (χ4n) is 1.79. The molecule has 0 saturated heterocycles. The van der Waals surface area contributed by atoms with Gasteiger partial charge >= 0.3 is 6.18 Å². The summed E-state index contributed by atoms with van der Waals surface area (Å²) in [4.78, 5) is 0. The van der Waals surface area contributed by atoms with Crippen molar-refractivity contribution in [1.29, 1.82) is 0 Å². The van der Waals surface area contributed by atoms with E-state index in [1.54, 1.807) is 0 Å². The first-order chi connectivity index (χ1) is 7.33. The molecule has 0 amide bonds. The molecule has 0 heterocycles. The number of hydrogen-bond donors (Lipinski definition) is 0. The maximum absolute atomic E-state index is 12.4. The normalized spacial score (nSPS) is 16.1. The van der Waals surface area contributed by atoms with Crippen molar-refractivity contribution in [2.45, 2.75) is 74.8 Å². The highest BCUT2D eigenvalue weighted by Crippen LogP contribution is 2.40. The van der Waals surface area contributed by atoms with Crippen LogP contribution in [0.1, 0.15) is 65.2 Å². The molecule has 0 radical (unpaired) electrons. The molecule has 4 heteroatoms. The van der Waals surface area contributed by atoms with Crippen LogP contribution in [0.5, 0.6) is 0 Å². The third-order valence-electron chi connectivity index (χ3n) is 2.88.